The van der Waals surface area contributed by atoms with Crippen LogP contribution in [0.5, 0.6) is 0 Å². The van der Waals surface area contributed by atoms with E-state index in [1.807, 2.05) is 38.1 Å². The molecule has 4 nitrogen and oxygen atoms in total. The molecule has 7 heteroatoms. The number of aliphatic imine (C=N–C) groups is 1. The van der Waals surface area contributed by atoms with E-state index in [2.05, 4.69) is 39.3 Å². The summed E-state index contributed by atoms with van der Waals surface area (Å²) in [5.74, 6) is 0. The maximum Gasteiger partial charge on any atom is 0.175 e. The highest BCUT2D eigenvalue weighted by Gasteiger charge is 2.16. The van der Waals surface area contributed by atoms with E-state index in [0.29, 0.717) is 5.15 Å². The number of thioether (sulfide) groups is 1. The number of aromatic nitrogens is 2. The maximum absolute atomic E-state index is 6.24. The summed E-state index contributed by atoms with van der Waals surface area (Å²) in [5, 5.41) is 5.71. The number of nitrogens with zero attached hydrogens (tertiary/aromatic N) is 4. The van der Waals surface area contributed by atoms with Crippen molar-refractivity contribution in [1.82, 2.24) is 9.78 Å². The van der Waals surface area contributed by atoms with Crippen LogP contribution >= 0.6 is 46.0 Å². The van der Waals surface area contributed by atoms with Gasteiger partial charge in [0.15, 0.2) is 10.3 Å². The Hall–Kier alpha value is -0.470. The minimum absolute atomic E-state index is 0.460. The van der Waals surface area contributed by atoms with Gasteiger partial charge in [-0.05, 0) is 19.9 Å². The molecule has 0 aromatic carbocycles. The molecule has 0 amide bonds. The molecule has 1 aromatic heterocycles. The van der Waals surface area contributed by atoms with Gasteiger partial charge in [-0.3, -0.25) is 4.99 Å². The van der Waals surface area contributed by atoms with Crippen molar-refractivity contribution in [3.8, 4) is 0 Å². The second-order valence-corrected chi connectivity index (χ2v) is 6.96. The lowest BCUT2D eigenvalue weighted by Crippen LogP contribution is -2.23. The van der Waals surface area contributed by atoms with Gasteiger partial charge in [-0.15, -0.1) is 0 Å². The summed E-state index contributed by atoms with van der Waals surface area (Å²) in [6.07, 6.45) is 5.51. The van der Waals surface area contributed by atoms with Crippen molar-refractivity contribution in [2.75, 3.05) is 22.3 Å². The van der Waals surface area contributed by atoms with Crippen LogP contribution in [0, 0.1) is 0 Å². The number of anilines is 1. The summed E-state index contributed by atoms with van der Waals surface area (Å²) in [6.45, 7) is 8.40. The number of halogens is 2. The monoisotopic (exact) mass is 424 g/mol. The minimum atomic E-state index is 0.460. The first-order valence-corrected chi connectivity index (χ1v) is 8.95. The molecule has 0 aliphatic rings. The molecular weight excluding hydrogens is 407 g/mol. The lowest BCUT2D eigenvalue weighted by Gasteiger charge is -2.18. The Morgan fingerprint density at radius 3 is 2.95 bits per heavy atom. The maximum atomic E-state index is 6.24. The molecule has 20 heavy (non-hydrogen) atoms. The van der Waals surface area contributed by atoms with Crippen LogP contribution in [0.1, 0.15) is 13.8 Å². The lowest BCUT2D eigenvalue weighted by molar-refractivity contribution is 0.896. The normalized spacial score (nSPS) is 12.7. The third kappa shape index (κ3) is 4.53. The highest BCUT2D eigenvalue weighted by atomic mass is 127. The first-order valence-electron chi connectivity index (χ1n) is 6.06. The molecule has 0 atom stereocenters. The second-order valence-electron chi connectivity index (χ2n) is 3.86. The fraction of sp³-hybridized carbons (Fsp3) is 0.385. The van der Waals surface area contributed by atoms with Crippen molar-refractivity contribution >= 4 is 62.5 Å². The largest absolute Gasteiger partial charge is 0.320 e. The van der Waals surface area contributed by atoms with E-state index in [1.54, 1.807) is 22.5 Å². The van der Waals surface area contributed by atoms with Crippen molar-refractivity contribution in [1.29, 1.82) is 0 Å². The first kappa shape index (κ1) is 17.6. The van der Waals surface area contributed by atoms with Crippen LogP contribution in [0.3, 0.4) is 0 Å². The molecule has 0 spiro atoms. The Balaban J connectivity index is 3.10. The summed E-state index contributed by atoms with van der Waals surface area (Å²) in [5.41, 5.74) is 1.80. The summed E-state index contributed by atoms with van der Waals surface area (Å²) in [7, 11) is 1.95. The summed E-state index contributed by atoms with van der Waals surface area (Å²) >= 11 is 10.2. The standard InChI is InChI=1S/C13H18ClIN4S/c1-5-7-10(3)19-8-11(12(14)17-19)18(4)13(16-6-2)20-9-15/h5,7-8H,1,6,9H2,2-4H3/b10-7+,16-13?. The third-order valence-corrected chi connectivity index (χ3v) is 4.47. The van der Waals surface area contributed by atoms with E-state index in [0.717, 1.165) is 26.9 Å². The molecule has 1 heterocycles. The van der Waals surface area contributed by atoms with E-state index in [4.69, 9.17) is 11.6 Å². The van der Waals surface area contributed by atoms with E-state index < -0.39 is 0 Å². The first-order chi connectivity index (χ1) is 9.54. The van der Waals surface area contributed by atoms with Crippen LogP contribution in [0.25, 0.3) is 5.70 Å². The van der Waals surface area contributed by atoms with Crippen LogP contribution in [0.4, 0.5) is 5.69 Å². The summed E-state index contributed by atoms with van der Waals surface area (Å²) in [4.78, 5) is 6.47. The zero-order chi connectivity index (χ0) is 15.1. The van der Waals surface area contributed by atoms with Crippen molar-refractivity contribution in [3.63, 3.8) is 0 Å². The van der Waals surface area contributed by atoms with Crippen molar-refractivity contribution in [2.24, 2.45) is 4.99 Å². The number of amidine groups is 1. The zero-order valence-corrected chi connectivity index (χ0v) is 15.5. The SMILES string of the molecule is C=C/C=C(\C)n1cc(N(C)C(=NCC)SCI)c(Cl)n1. The van der Waals surface area contributed by atoms with E-state index in [-0.39, 0.29) is 0 Å². The Labute approximate surface area is 143 Å². The predicted molar refractivity (Wildman–Crippen MR) is 100 cm³/mol. The third-order valence-electron chi connectivity index (χ3n) is 2.50. The molecular formula is C13H18ClIN4S. The van der Waals surface area contributed by atoms with Crippen molar-refractivity contribution in [3.05, 3.63) is 30.1 Å². The topological polar surface area (TPSA) is 33.4 Å². The molecule has 0 aliphatic carbocycles. The molecule has 0 radical (unpaired) electrons. The highest BCUT2D eigenvalue weighted by Crippen LogP contribution is 2.27. The molecule has 1 rings (SSSR count). The molecule has 0 unspecified atom stereocenters. The average Bonchev–Trinajstić information content (AvgIpc) is 2.80. The van der Waals surface area contributed by atoms with Gasteiger partial charge >= 0.3 is 0 Å². The molecule has 0 aliphatic heterocycles. The van der Waals surface area contributed by atoms with Gasteiger partial charge < -0.3 is 4.90 Å². The molecule has 0 bridgehead atoms. The van der Waals surface area contributed by atoms with Gasteiger partial charge in [-0.1, -0.05) is 58.6 Å². The van der Waals surface area contributed by atoms with Crippen LogP contribution in [-0.2, 0) is 0 Å². The lowest BCUT2D eigenvalue weighted by atomic mass is 10.4. The van der Waals surface area contributed by atoms with Gasteiger partial charge in [-0.2, -0.15) is 5.10 Å². The number of alkyl halides is 1. The molecule has 0 saturated heterocycles. The zero-order valence-electron chi connectivity index (χ0n) is 11.8. The number of hydrogen-bond acceptors (Lipinski definition) is 3. The van der Waals surface area contributed by atoms with Crippen LogP contribution in [-0.4, -0.2) is 32.3 Å². The molecule has 110 valence electrons. The van der Waals surface area contributed by atoms with E-state index in [1.165, 1.54) is 0 Å². The van der Waals surface area contributed by atoms with Gasteiger partial charge in [0.2, 0.25) is 0 Å². The van der Waals surface area contributed by atoms with Crippen molar-refractivity contribution in [2.45, 2.75) is 13.8 Å². The van der Waals surface area contributed by atoms with Gasteiger partial charge in [0.1, 0.15) is 5.69 Å². The van der Waals surface area contributed by atoms with E-state index in [9.17, 15) is 0 Å². The molecule has 0 fully saturated rings. The molecule has 0 N–H and O–H groups in total. The van der Waals surface area contributed by atoms with Crippen LogP contribution in [0.2, 0.25) is 5.15 Å². The minimum Gasteiger partial charge on any atom is -0.320 e. The molecule has 0 saturated carbocycles. The summed E-state index contributed by atoms with van der Waals surface area (Å²) in [6, 6.07) is 0. The Morgan fingerprint density at radius 2 is 2.40 bits per heavy atom. The fourth-order valence-corrected chi connectivity index (χ4v) is 3.23. The average molecular weight is 425 g/mol. The number of allylic oxidation sites excluding steroid dienone is 3. The van der Waals surface area contributed by atoms with Gasteiger partial charge in [0, 0.05) is 19.3 Å². The van der Waals surface area contributed by atoms with Gasteiger partial charge in [0.05, 0.1) is 9.96 Å². The van der Waals surface area contributed by atoms with Crippen LogP contribution in [0.15, 0.2) is 29.9 Å². The number of rotatable bonds is 5. The summed E-state index contributed by atoms with van der Waals surface area (Å²) < 4.78 is 2.68. The van der Waals surface area contributed by atoms with E-state index >= 15 is 0 Å². The Bertz CT molecular complexity index is 524. The highest BCUT2D eigenvalue weighted by molar-refractivity contribution is 14.1. The quantitative estimate of drug-likeness (QED) is 0.229. The smallest absolute Gasteiger partial charge is 0.175 e. The van der Waals surface area contributed by atoms with Crippen molar-refractivity contribution < 1.29 is 0 Å². The number of hydrogen-bond donors (Lipinski definition) is 0. The molecule has 1 aromatic rings. The predicted octanol–water partition coefficient (Wildman–Crippen LogP) is 4.52. The Kier molecular flexibility index (Phi) is 7.68. The second kappa shape index (κ2) is 8.74. The Morgan fingerprint density at radius 1 is 1.70 bits per heavy atom. The van der Waals surface area contributed by atoms with Gasteiger partial charge in [0.25, 0.3) is 0 Å². The van der Waals surface area contributed by atoms with Gasteiger partial charge in [-0.25, -0.2) is 4.68 Å². The fourth-order valence-electron chi connectivity index (χ4n) is 1.53. The van der Waals surface area contributed by atoms with Crippen LogP contribution < -0.4 is 4.90 Å².